The van der Waals surface area contributed by atoms with Crippen molar-refractivity contribution < 1.29 is 19.8 Å². The van der Waals surface area contributed by atoms with Crippen LogP contribution in [0.4, 0.5) is 0 Å². The van der Waals surface area contributed by atoms with Crippen molar-refractivity contribution >= 4 is 24.6 Å². The highest BCUT2D eigenvalue weighted by Gasteiger charge is 2.21. The van der Waals surface area contributed by atoms with Gasteiger partial charge in [-0.15, -0.1) is 0 Å². The summed E-state index contributed by atoms with van der Waals surface area (Å²) in [6.45, 7) is 2.03. The third-order valence-electron chi connectivity index (χ3n) is 1.90. The summed E-state index contributed by atoms with van der Waals surface area (Å²) in [5.74, 6) is 3.03. The number of hydrazine groups is 1. The van der Waals surface area contributed by atoms with Gasteiger partial charge in [0, 0.05) is 5.75 Å². The predicted octanol–water partition coefficient (Wildman–Crippen LogP) is -2.17. The number of rotatable bonds is 6. The second-order valence-electron chi connectivity index (χ2n) is 3.32. The smallest absolute Gasteiger partial charge is 0.322 e. The first kappa shape index (κ1) is 18.5. The molecule has 0 aliphatic rings. The van der Waals surface area contributed by atoms with Crippen molar-refractivity contribution in [1.29, 1.82) is 0 Å². The van der Waals surface area contributed by atoms with E-state index in [0.29, 0.717) is 6.54 Å². The number of carbonyl (C=O) groups is 2. The first-order valence-electron chi connectivity index (χ1n) is 4.80. The fraction of sp³-hybridized carbons (Fsp3) is 0.750. The van der Waals surface area contributed by atoms with Crippen molar-refractivity contribution in [3.63, 3.8) is 0 Å². The van der Waals surface area contributed by atoms with Crippen LogP contribution in [0.1, 0.15) is 6.92 Å². The minimum atomic E-state index is -1.00. The molecule has 0 aliphatic carbocycles. The number of aliphatic carboxylic acids is 2. The SMILES string of the molecule is CC(CN)C(NN)C(=O)O.NC(CS)C(=O)O. The van der Waals surface area contributed by atoms with Gasteiger partial charge in [0.1, 0.15) is 12.1 Å². The Kier molecular flexibility index (Phi) is 11.2. The minimum absolute atomic E-state index is 0.150. The second-order valence-corrected chi connectivity index (χ2v) is 3.69. The van der Waals surface area contributed by atoms with Gasteiger partial charge in [-0.05, 0) is 12.5 Å². The summed E-state index contributed by atoms with van der Waals surface area (Å²) in [6, 6.07) is -1.56. The summed E-state index contributed by atoms with van der Waals surface area (Å²) in [6.07, 6.45) is 0. The zero-order chi connectivity index (χ0) is 14.0. The molecule has 3 atom stereocenters. The first-order chi connectivity index (χ1) is 7.81. The molecule has 0 radical (unpaired) electrons. The maximum atomic E-state index is 10.3. The lowest BCUT2D eigenvalue weighted by molar-refractivity contribution is -0.141. The number of thiol groups is 1. The number of hydrogen-bond donors (Lipinski definition) is 7. The van der Waals surface area contributed by atoms with Crippen LogP contribution < -0.4 is 22.7 Å². The van der Waals surface area contributed by atoms with Gasteiger partial charge in [0.25, 0.3) is 0 Å². The number of nitrogens with two attached hydrogens (primary N) is 3. The van der Waals surface area contributed by atoms with E-state index in [0.717, 1.165) is 0 Å². The molecule has 0 saturated carbocycles. The van der Waals surface area contributed by atoms with Crippen molar-refractivity contribution in [3.8, 4) is 0 Å². The van der Waals surface area contributed by atoms with E-state index < -0.39 is 24.0 Å². The van der Waals surface area contributed by atoms with Crippen LogP contribution >= 0.6 is 12.6 Å². The maximum Gasteiger partial charge on any atom is 0.322 e. The molecule has 8 nitrogen and oxygen atoms in total. The highest BCUT2D eigenvalue weighted by atomic mass is 32.1. The molecule has 0 aliphatic heterocycles. The van der Waals surface area contributed by atoms with Crippen molar-refractivity contribution in [3.05, 3.63) is 0 Å². The summed E-state index contributed by atoms with van der Waals surface area (Å²) in [5, 5.41) is 16.5. The monoisotopic (exact) mass is 268 g/mol. The molecule has 9 N–H and O–H groups in total. The fourth-order valence-electron chi connectivity index (χ4n) is 0.693. The average Bonchev–Trinajstić information content (AvgIpc) is 2.28. The molecule has 0 saturated heterocycles. The third kappa shape index (κ3) is 8.89. The summed E-state index contributed by atoms with van der Waals surface area (Å²) in [4.78, 5) is 20.1. The Morgan fingerprint density at radius 1 is 1.35 bits per heavy atom. The van der Waals surface area contributed by atoms with E-state index in [4.69, 9.17) is 27.5 Å². The second kappa shape index (κ2) is 10.3. The molecule has 0 rings (SSSR count). The van der Waals surface area contributed by atoms with Gasteiger partial charge >= 0.3 is 11.9 Å². The van der Waals surface area contributed by atoms with Crippen molar-refractivity contribution in [2.75, 3.05) is 12.3 Å². The van der Waals surface area contributed by atoms with Crippen LogP contribution in [-0.2, 0) is 9.59 Å². The Labute approximate surface area is 105 Å². The first-order valence-corrected chi connectivity index (χ1v) is 5.43. The van der Waals surface area contributed by atoms with Gasteiger partial charge in [0.15, 0.2) is 0 Å². The largest absolute Gasteiger partial charge is 0.480 e. The summed E-state index contributed by atoms with van der Waals surface area (Å²) in [7, 11) is 0. The van der Waals surface area contributed by atoms with E-state index in [-0.39, 0.29) is 11.7 Å². The topological polar surface area (TPSA) is 165 Å². The van der Waals surface area contributed by atoms with Crippen molar-refractivity contribution in [1.82, 2.24) is 5.43 Å². The van der Waals surface area contributed by atoms with Gasteiger partial charge in [-0.2, -0.15) is 12.6 Å². The molecule has 0 aromatic heterocycles. The Hall–Kier alpha value is -0.870. The van der Waals surface area contributed by atoms with Crippen LogP contribution in [0.2, 0.25) is 0 Å². The number of nitrogens with one attached hydrogen (secondary N) is 1. The van der Waals surface area contributed by atoms with Gasteiger partial charge in [0.2, 0.25) is 0 Å². The molecule has 3 unspecified atom stereocenters. The van der Waals surface area contributed by atoms with Crippen LogP contribution in [0.3, 0.4) is 0 Å². The van der Waals surface area contributed by atoms with Crippen LogP contribution in [-0.4, -0.2) is 46.5 Å². The summed E-state index contributed by atoms with van der Waals surface area (Å²) in [5.41, 5.74) is 12.3. The zero-order valence-corrected chi connectivity index (χ0v) is 10.4. The lowest BCUT2D eigenvalue weighted by Crippen LogP contribution is -2.47. The van der Waals surface area contributed by atoms with Gasteiger partial charge in [0.05, 0.1) is 0 Å². The van der Waals surface area contributed by atoms with Gasteiger partial charge in [-0.25, -0.2) is 5.43 Å². The number of carboxylic acids is 2. The average molecular weight is 268 g/mol. The van der Waals surface area contributed by atoms with Crippen molar-refractivity contribution in [2.45, 2.75) is 19.0 Å². The third-order valence-corrected chi connectivity index (χ3v) is 2.29. The summed E-state index contributed by atoms with van der Waals surface area (Å²) < 4.78 is 0. The predicted molar refractivity (Wildman–Crippen MR) is 66.4 cm³/mol. The lowest BCUT2D eigenvalue weighted by Gasteiger charge is -2.16. The Balaban J connectivity index is 0. The Bertz CT molecular complexity index is 242. The Morgan fingerprint density at radius 3 is 1.88 bits per heavy atom. The molecular weight excluding hydrogens is 248 g/mol. The number of carboxylic acid groups (broad SMARTS) is 2. The van der Waals surface area contributed by atoms with Crippen LogP contribution in [0.25, 0.3) is 0 Å². The van der Waals surface area contributed by atoms with Crippen LogP contribution in [0, 0.1) is 5.92 Å². The molecular formula is C8H20N4O4S. The number of hydrogen-bond acceptors (Lipinski definition) is 7. The van der Waals surface area contributed by atoms with Crippen LogP contribution in [0.15, 0.2) is 0 Å². The van der Waals surface area contributed by atoms with Gasteiger partial charge in [-0.3, -0.25) is 15.4 Å². The maximum absolute atomic E-state index is 10.3. The highest BCUT2D eigenvalue weighted by Crippen LogP contribution is 1.98. The molecule has 0 fully saturated rings. The molecule has 0 bridgehead atoms. The molecule has 9 heteroatoms. The minimum Gasteiger partial charge on any atom is -0.480 e. The normalized spacial score (nSPS) is 15.1. The van der Waals surface area contributed by atoms with E-state index in [9.17, 15) is 9.59 Å². The molecule has 0 spiro atoms. The van der Waals surface area contributed by atoms with Gasteiger partial charge < -0.3 is 21.7 Å². The molecule has 0 aromatic rings. The van der Waals surface area contributed by atoms with E-state index in [1.54, 1.807) is 6.92 Å². The molecule has 0 amide bonds. The summed E-state index contributed by atoms with van der Waals surface area (Å²) >= 11 is 3.65. The standard InChI is InChI=1S/C5H13N3O2.C3H7NO2S/c1-3(2-6)4(8-7)5(9)10;4-2(1-7)3(5)6/h3-4,8H,2,6-7H2,1H3,(H,9,10);2,7H,1,4H2,(H,5,6). The van der Waals surface area contributed by atoms with Crippen LogP contribution in [0.5, 0.6) is 0 Å². The molecule has 102 valence electrons. The van der Waals surface area contributed by atoms with Gasteiger partial charge in [-0.1, -0.05) is 6.92 Å². The van der Waals surface area contributed by atoms with E-state index in [2.05, 4.69) is 18.1 Å². The van der Waals surface area contributed by atoms with E-state index in [1.807, 2.05) is 0 Å². The molecule has 0 heterocycles. The van der Waals surface area contributed by atoms with E-state index >= 15 is 0 Å². The zero-order valence-electron chi connectivity index (χ0n) is 9.54. The van der Waals surface area contributed by atoms with E-state index in [1.165, 1.54) is 0 Å². The molecule has 17 heavy (non-hydrogen) atoms. The Morgan fingerprint density at radius 2 is 1.82 bits per heavy atom. The fourth-order valence-corrected chi connectivity index (χ4v) is 0.849. The van der Waals surface area contributed by atoms with Crippen molar-refractivity contribution in [2.24, 2.45) is 23.2 Å². The highest BCUT2D eigenvalue weighted by molar-refractivity contribution is 7.80. The quantitative estimate of drug-likeness (QED) is 0.162. The molecule has 0 aromatic carbocycles. The lowest BCUT2D eigenvalue weighted by atomic mass is 10.0.